The molecular weight excluding hydrogens is 250 g/mol. The van der Waals surface area contributed by atoms with Gasteiger partial charge in [0.25, 0.3) is 0 Å². The topological polar surface area (TPSA) is 44.5 Å². The van der Waals surface area contributed by atoms with Gasteiger partial charge in [-0.05, 0) is 29.7 Å². The van der Waals surface area contributed by atoms with Gasteiger partial charge in [-0.2, -0.15) is 0 Å². The van der Waals surface area contributed by atoms with Crippen molar-refractivity contribution in [2.45, 2.75) is 26.0 Å². The molecule has 106 valence electrons. The van der Waals surface area contributed by atoms with Gasteiger partial charge < -0.3 is 15.2 Å². The Hall–Kier alpha value is -2.00. The first kappa shape index (κ1) is 14.4. The molecule has 1 atom stereocenters. The molecule has 0 spiro atoms. The van der Waals surface area contributed by atoms with E-state index in [0.29, 0.717) is 6.61 Å². The molecule has 0 bridgehead atoms. The lowest BCUT2D eigenvalue weighted by atomic mass is 10.1. The molecule has 0 heterocycles. The Balaban J connectivity index is 2.11. The van der Waals surface area contributed by atoms with Crippen LogP contribution in [-0.4, -0.2) is 7.11 Å². The van der Waals surface area contributed by atoms with Crippen molar-refractivity contribution in [2.24, 2.45) is 5.73 Å². The van der Waals surface area contributed by atoms with Crippen LogP contribution >= 0.6 is 0 Å². The van der Waals surface area contributed by atoms with Gasteiger partial charge in [0.15, 0.2) is 11.5 Å². The van der Waals surface area contributed by atoms with E-state index in [-0.39, 0.29) is 6.04 Å². The third kappa shape index (κ3) is 3.52. The third-order valence-electron chi connectivity index (χ3n) is 3.29. The summed E-state index contributed by atoms with van der Waals surface area (Å²) >= 11 is 0. The molecule has 0 fully saturated rings. The molecule has 0 unspecified atom stereocenters. The summed E-state index contributed by atoms with van der Waals surface area (Å²) in [5, 5.41) is 0. The first-order valence-electron chi connectivity index (χ1n) is 6.84. The summed E-state index contributed by atoms with van der Waals surface area (Å²) in [5.41, 5.74) is 8.23. The average Bonchev–Trinajstić information content (AvgIpc) is 2.53. The van der Waals surface area contributed by atoms with Crippen LogP contribution in [0.1, 0.15) is 30.5 Å². The maximum Gasteiger partial charge on any atom is 0.161 e. The van der Waals surface area contributed by atoms with Crippen LogP contribution in [0.3, 0.4) is 0 Å². The summed E-state index contributed by atoms with van der Waals surface area (Å²) in [6.07, 6.45) is 0.896. The summed E-state index contributed by atoms with van der Waals surface area (Å²) < 4.78 is 11.2. The van der Waals surface area contributed by atoms with Crippen molar-refractivity contribution in [1.29, 1.82) is 0 Å². The molecule has 3 heteroatoms. The van der Waals surface area contributed by atoms with Crippen LogP contribution in [0, 0.1) is 0 Å². The predicted molar refractivity (Wildman–Crippen MR) is 81.0 cm³/mol. The van der Waals surface area contributed by atoms with E-state index in [4.69, 9.17) is 15.2 Å². The summed E-state index contributed by atoms with van der Waals surface area (Å²) in [5.74, 6) is 1.46. The molecule has 0 amide bonds. The molecule has 20 heavy (non-hydrogen) atoms. The largest absolute Gasteiger partial charge is 0.493 e. The van der Waals surface area contributed by atoms with E-state index in [0.717, 1.165) is 29.0 Å². The van der Waals surface area contributed by atoms with E-state index in [1.807, 2.05) is 48.5 Å². The van der Waals surface area contributed by atoms with Crippen LogP contribution in [0.15, 0.2) is 48.5 Å². The SMILES string of the molecule is CC[C@H](N)c1ccc(OCc2ccccc2)c(OC)c1. The fourth-order valence-electron chi connectivity index (χ4n) is 2.01. The van der Waals surface area contributed by atoms with Gasteiger partial charge in [-0.15, -0.1) is 0 Å². The standard InChI is InChI=1S/C17H21NO2/c1-3-15(18)14-9-10-16(17(11-14)19-2)20-12-13-7-5-4-6-8-13/h4-11,15H,3,12,18H2,1-2H3/t15-/m0/s1. The molecule has 0 radical (unpaired) electrons. The van der Waals surface area contributed by atoms with Gasteiger partial charge in [0.05, 0.1) is 7.11 Å². The zero-order chi connectivity index (χ0) is 14.4. The van der Waals surface area contributed by atoms with E-state index in [9.17, 15) is 0 Å². The fraction of sp³-hybridized carbons (Fsp3) is 0.294. The lowest BCUT2D eigenvalue weighted by Gasteiger charge is -2.15. The number of rotatable bonds is 6. The van der Waals surface area contributed by atoms with Crippen LogP contribution in [0.25, 0.3) is 0 Å². The van der Waals surface area contributed by atoms with Gasteiger partial charge in [0, 0.05) is 6.04 Å². The molecular formula is C17H21NO2. The number of methoxy groups -OCH3 is 1. The highest BCUT2D eigenvalue weighted by Gasteiger charge is 2.09. The molecule has 2 rings (SSSR count). The van der Waals surface area contributed by atoms with Crippen LogP contribution in [0.2, 0.25) is 0 Å². The summed E-state index contributed by atoms with van der Waals surface area (Å²) in [6.45, 7) is 2.59. The monoisotopic (exact) mass is 271 g/mol. The van der Waals surface area contributed by atoms with Gasteiger partial charge in [-0.3, -0.25) is 0 Å². The van der Waals surface area contributed by atoms with Crippen molar-refractivity contribution in [3.8, 4) is 11.5 Å². The van der Waals surface area contributed by atoms with Crippen molar-refractivity contribution in [3.05, 3.63) is 59.7 Å². The smallest absolute Gasteiger partial charge is 0.161 e. The van der Waals surface area contributed by atoms with E-state index in [1.54, 1.807) is 7.11 Å². The molecule has 2 aromatic rings. The molecule has 3 nitrogen and oxygen atoms in total. The molecule has 0 saturated carbocycles. The molecule has 0 aliphatic rings. The van der Waals surface area contributed by atoms with Gasteiger partial charge in [-0.1, -0.05) is 43.3 Å². The highest BCUT2D eigenvalue weighted by molar-refractivity contribution is 5.44. The van der Waals surface area contributed by atoms with Crippen molar-refractivity contribution in [2.75, 3.05) is 7.11 Å². The Labute approximate surface area is 120 Å². The van der Waals surface area contributed by atoms with E-state index >= 15 is 0 Å². The molecule has 0 saturated heterocycles. The Morgan fingerprint density at radius 3 is 2.45 bits per heavy atom. The van der Waals surface area contributed by atoms with Crippen molar-refractivity contribution >= 4 is 0 Å². The molecule has 0 aliphatic heterocycles. The Morgan fingerprint density at radius 2 is 1.80 bits per heavy atom. The molecule has 0 aromatic heterocycles. The average molecular weight is 271 g/mol. The fourth-order valence-corrected chi connectivity index (χ4v) is 2.01. The predicted octanol–water partition coefficient (Wildman–Crippen LogP) is 3.68. The summed E-state index contributed by atoms with van der Waals surface area (Å²) in [7, 11) is 1.64. The highest BCUT2D eigenvalue weighted by atomic mass is 16.5. The maximum absolute atomic E-state index is 6.04. The minimum atomic E-state index is 0.0343. The second-order valence-corrected chi connectivity index (χ2v) is 4.70. The Morgan fingerprint density at radius 1 is 1.05 bits per heavy atom. The lowest BCUT2D eigenvalue weighted by Crippen LogP contribution is -2.09. The number of nitrogens with two attached hydrogens (primary N) is 1. The van der Waals surface area contributed by atoms with Gasteiger partial charge >= 0.3 is 0 Å². The minimum absolute atomic E-state index is 0.0343. The second kappa shape index (κ2) is 6.96. The van der Waals surface area contributed by atoms with Crippen LogP contribution in [-0.2, 0) is 6.61 Å². The van der Waals surface area contributed by atoms with Gasteiger partial charge in [0.2, 0.25) is 0 Å². The van der Waals surface area contributed by atoms with Crippen molar-refractivity contribution in [3.63, 3.8) is 0 Å². The number of hydrogen-bond donors (Lipinski definition) is 1. The van der Waals surface area contributed by atoms with E-state index < -0.39 is 0 Å². The van der Waals surface area contributed by atoms with Crippen LogP contribution in [0.4, 0.5) is 0 Å². The molecule has 2 N–H and O–H groups in total. The van der Waals surface area contributed by atoms with Crippen molar-refractivity contribution < 1.29 is 9.47 Å². The van der Waals surface area contributed by atoms with E-state index in [2.05, 4.69) is 6.92 Å². The second-order valence-electron chi connectivity index (χ2n) is 4.70. The van der Waals surface area contributed by atoms with Crippen molar-refractivity contribution in [1.82, 2.24) is 0 Å². The third-order valence-corrected chi connectivity index (χ3v) is 3.29. The summed E-state index contributed by atoms with van der Waals surface area (Å²) in [4.78, 5) is 0. The quantitative estimate of drug-likeness (QED) is 0.871. The Bertz CT molecular complexity index is 540. The van der Waals surface area contributed by atoms with Gasteiger partial charge in [0.1, 0.15) is 6.61 Å². The number of hydrogen-bond acceptors (Lipinski definition) is 3. The molecule has 0 aliphatic carbocycles. The zero-order valence-corrected chi connectivity index (χ0v) is 12.0. The minimum Gasteiger partial charge on any atom is -0.493 e. The van der Waals surface area contributed by atoms with Crippen LogP contribution in [0.5, 0.6) is 11.5 Å². The number of ether oxygens (including phenoxy) is 2. The first-order valence-corrected chi connectivity index (χ1v) is 6.84. The highest BCUT2D eigenvalue weighted by Crippen LogP contribution is 2.31. The van der Waals surface area contributed by atoms with Gasteiger partial charge in [-0.25, -0.2) is 0 Å². The Kier molecular flexibility index (Phi) is 5.02. The first-order chi connectivity index (χ1) is 9.74. The molecule has 2 aromatic carbocycles. The lowest BCUT2D eigenvalue weighted by molar-refractivity contribution is 0.284. The van der Waals surface area contributed by atoms with Crippen LogP contribution < -0.4 is 15.2 Å². The summed E-state index contributed by atoms with van der Waals surface area (Å²) in [6, 6.07) is 16.0. The zero-order valence-electron chi connectivity index (χ0n) is 12.0. The number of benzene rings is 2. The normalized spacial score (nSPS) is 11.9. The van der Waals surface area contributed by atoms with E-state index in [1.165, 1.54) is 0 Å². The maximum atomic E-state index is 6.04.